The second-order valence-electron chi connectivity index (χ2n) is 10.4. The van der Waals surface area contributed by atoms with Gasteiger partial charge in [-0.25, -0.2) is 9.97 Å². The molecule has 2 unspecified atom stereocenters. The summed E-state index contributed by atoms with van der Waals surface area (Å²) in [5.41, 5.74) is 1.18. The Labute approximate surface area is 182 Å². The second-order valence-corrected chi connectivity index (χ2v) is 11.6. The van der Waals surface area contributed by atoms with Gasteiger partial charge in [0.25, 0.3) is 5.91 Å². The van der Waals surface area contributed by atoms with Crippen molar-refractivity contribution >= 4 is 23.6 Å². The highest BCUT2D eigenvalue weighted by molar-refractivity contribution is 7.99. The van der Waals surface area contributed by atoms with Crippen molar-refractivity contribution in [3.8, 4) is 0 Å². The summed E-state index contributed by atoms with van der Waals surface area (Å²) >= 11 is 1.98. The Kier molecular flexibility index (Phi) is 4.75. The highest BCUT2D eigenvalue weighted by atomic mass is 32.2. The Hall–Kier alpha value is -1.34. The van der Waals surface area contributed by atoms with Crippen LogP contribution in [0.1, 0.15) is 73.3 Å². The molecule has 1 saturated heterocycles. The number of rotatable bonds is 4. The van der Waals surface area contributed by atoms with Gasteiger partial charge in [0, 0.05) is 42.8 Å². The number of hydrogen-bond acceptors (Lipinski definition) is 6. The third-order valence-corrected chi connectivity index (χ3v) is 9.32. The molecular formula is C23H32N4O2S. The molecule has 6 fully saturated rings. The molecule has 7 rings (SSSR count). The Morgan fingerprint density at radius 1 is 1.17 bits per heavy atom. The minimum Gasteiger partial charge on any atom is -0.390 e. The molecule has 0 radical (unpaired) electrons. The molecule has 4 bridgehead atoms. The Bertz CT molecular complexity index is 822. The van der Waals surface area contributed by atoms with Gasteiger partial charge in [0.15, 0.2) is 0 Å². The first kappa shape index (κ1) is 19.4. The molecule has 2 N–H and O–H groups in total. The van der Waals surface area contributed by atoms with E-state index >= 15 is 0 Å². The van der Waals surface area contributed by atoms with Gasteiger partial charge in [-0.2, -0.15) is 11.8 Å². The molecule has 1 aromatic rings. The molecule has 5 aliphatic carbocycles. The lowest BCUT2D eigenvalue weighted by Crippen LogP contribution is -2.61. The van der Waals surface area contributed by atoms with Gasteiger partial charge >= 0.3 is 0 Å². The van der Waals surface area contributed by atoms with Gasteiger partial charge in [-0.3, -0.25) is 4.79 Å². The van der Waals surface area contributed by atoms with Crippen LogP contribution in [0, 0.1) is 17.8 Å². The smallest absolute Gasteiger partial charge is 0.254 e. The largest absolute Gasteiger partial charge is 0.390 e. The first-order chi connectivity index (χ1) is 14.6. The van der Waals surface area contributed by atoms with E-state index in [1.54, 1.807) is 6.20 Å². The maximum Gasteiger partial charge on any atom is 0.254 e. The van der Waals surface area contributed by atoms with E-state index in [1.165, 1.54) is 6.42 Å². The van der Waals surface area contributed by atoms with E-state index in [1.807, 2.05) is 11.8 Å². The molecule has 6 aliphatic rings. The van der Waals surface area contributed by atoms with Crippen molar-refractivity contribution in [1.29, 1.82) is 0 Å². The van der Waals surface area contributed by atoms with E-state index in [2.05, 4.69) is 15.2 Å². The van der Waals surface area contributed by atoms with Crippen molar-refractivity contribution in [3.05, 3.63) is 17.5 Å². The first-order valence-corrected chi connectivity index (χ1v) is 13.0. The van der Waals surface area contributed by atoms with Crippen LogP contribution in [0.25, 0.3) is 0 Å². The van der Waals surface area contributed by atoms with Gasteiger partial charge in [0.1, 0.15) is 0 Å². The predicted octanol–water partition coefficient (Wildman–Crippen LogP) is 2.97. The van der Waals surface area contributed by atoms with Crippen LogP contribution < -0.4 is 10.2 Å². The second kappa shape index (κ2) is 7.37. The van der Waals surface area contributed by atoms with Crippen LogP contribution in [-0.4, -0.2) is 57.2 Å². The number of nitrogens with one attached hydrogen (secondary N) is 1. The summed E-state index contributed by atoms with van der Waals surface area (Å²) in [6, 6.07) is 0.197. The summed E-state index contributed by atoms with van der Waals surface area (Å²) in [6.45, 7) is 1.96. The number of hydrogen-bond donors (Lipinski definition) is 2. The lowest BCUT2D eigenvalue weighted by atomic mass is 9.52. The number of aliphatic hydroxyl groups is 1. The van der Waals surface area contributed by atoms with E-state index in [9.17, 15) is 9.90 Å². The van der Waals surface area contributed by atoms with Crippen LogP contribution in [0.4, 0.5) is 5.95 Å². The van der Waals surface area contributed by atoms with Crippen molar-refractivity contribution in [2.75, 3.05) is 29.5 Å². The number of carbonyl (C=O) groups excluding carboxylic acids is 1. The standard InChI is InChI=1S/C23H32N4O2S/c28-21(25-19-16-8-14-9-17(19)12-23(29,10-14)11-16)18-13-24-22(27-4-6-30-7-5-27)26-20(18)15-2-1-3-15/h13-17,19,29H,1-12H2,(H,25,28). The number of nitrogens with zero attached hydrogens (tertiary/aromatic N) is 3. The molecule has 7 heteroatoms. The van der Waals surface area contributed by atoms with Crippen molar-refractivity contribution in [2.24, 2.45) is 17.8 Å². The molecular weight excluding hydrogens is 396 g/mol. The fourth-order valence-corrected chi connectivity index (χ4v) is 7.82. The molecule has 1 aromatic heterocycles. The lowest BCUT2D eigenvalue weighted by Gasteiger charge is -2.58. The number of anilines is 1. The number of thioether (sulfide) groups is 1. The summed E-state index contributed by atoms with van der Waals surface area (Å²) in [5, 5.41) is 14.2. The minimum atomic E-state index is -0.466. The normalized spacial score (nSPS) is 37.8. The molecule has 162 valence electrons. The summed E-state index contributed by atoms with van der Waals surface area (Å²) in [5.74, 6) is 4.91. The van der Waals surface area contributed by atoms with Gasteiger partial charge in [-0.05, 0) is 62.7 Å². The average Bonchev–Trinajstić information content (AvgIpc) is 2.69. The summed E-state index contributed by atoms with van der Waals surface area (Å²) < 4.78 is 0. The minimum absolute atomic E-state index is 0.00196. The third-order valence-electron chi connectivity index (χ3n) is 8.37. The number of carbonyl (C=O) groups is 1. The van der Waals surface area contributed by atoms with Gasteiger partial charge in [0.05, 0.1) is 16.9 Å². The highest BCUT2D eigenvalue weighted by Gasteiger charge is 2.55. The van der Waals surface area contributed by atoms with Crippen LogP contribution in [0.2, 0.25) is 0 Å². The first-order valence-electron chi connectivity index (χ1n) is 11.8. The van der Waals surface area contributed by atoms with Crippen LogP contribution in [0.3, 0.4) is 0 Å². The molecule has 6 nitrogen and oxygen atoms in total. The zero-order chi connectivity index (χ0) is 20.3. The molecule has 1 aliphatic heterocycles. The zero-order valence-corrected chi connectivity index (χ0v) is 18.4. The molecule has 2 atom stereocenters. The zero-order valence-electron chi connectivity index (χ0n) is 17.6. The van der Waals surface area contributed by atoms with E-state index in [-0.39, 0.29) is 11.9 Å². The molecule has 0 aromatic carbocycles. The molecule has 5 saturated carbocycles. The van der Waals surface area contributed by atoms with Gasteiger partial charge in [0.2, 0.25) is 5.95 Å². The predicted molar refractivity (Wildman–Crippen MR) is 118 cm³/mol. The van der Waals surface area contributed by atoms with Crippen molar-refractivity contribution in [2.45, 2.75) is 68.9 Å². The quantitative estimate of drug-likeness (QED) is 0.768. The average molecular weight is 429 g/mol. The summed E-state index contributed by atoms with van der Waals surface area (Å²) in [4.78, 5) is 25.2. The van der Waals surface area contributed by atoms with Crippen molar-refractivity contribution in [3.63, 3.8) is 0 Å². The van der Waals surface area contributed by atoms with Crippen LogP contribution in [0.15, 0.2) is 6.20 Å². The Morgan fingerprint density at radius 2 is 1.90 bits per heavy atom. The fraction of sp³-hybridized carbons (Fsp3) is 0.783. The van der Waals surface area contributed by atoms with Crippen LogP contribution >= 0.6 is 11.8 Å². The Morgan fingerprint density at radius 3 is 2.53 bits per heavy atom. The van der Waals surface area contributed by atoms with E-state index in [4.69, 9.17) is 4.98 Å². The maximum atomic E-state index is 13.4. The Balaban J connectivity index is 1.24. The van der Waals surface area contributed by atoms with E-state index in [0.717, 1.165) is 81.2 Å². The molecule has 0 spiro atoms. The number of aromatic nitrogens is 2. The van der Waals surface area contributed by atoms with Gasteiger partial charge in [-0.15, -0.1) is 0 Å². The molecule has 2 heterocycles. The van der Waals surface area contributed by atoms with Crippen molar-refractivity contribution < 1.29 is 9.90 Å². The topological polar surface area (TPSA) is 78.3 Å². The van der Waals surface area contributed by atoms with E-state index < -0.39 is 5.60 Å². The third kappa shape index (κ3) is 3.32. The van der Waals surface area contributed by atoms with Gasteiger partial charge < -0.3 is 15.3 Å². The maximum absolute atomic E-state index is 13.4. The fourth-order valence-electron chi connectivity index (χ4n) is 6.91. The monoisotopic (exact) mass is 428 g/mol. The summed E-state index contributed by atoms with van der Waals surface area (Å²) in [6.07, 6.45) is 10.2. The lowest BCUT2D eigenvalue weighted by molar-refractivity contribution is -0.136. The van der Waals surface area contributed by atoms with Crippen molar-refractivity contribution in [1.82, 2.24) is 15.3 Å². The highest BCUT2D eigenvalue weighted by Crippen LogP contribution is 2.55. The molecule has 1 amide bonds. The van der Waals surface area contributed by atoms with E-state index in [0.29, 0.717) is 29.2 Å². The van der Waals surface area contributed by atoms with Crippen LogP contribution in [-0.2, 0) is 0 Å². The number of amides is 1. The van der Waals surface area contributed by atoms with Gasteiger partial charge in [-0.1, -0.05) is 6.42 Å². The summed E-state index contributed by atoms with van der Waals surface area (Å²) in [7, 11) is 0. The SMILES string of the molecule is O=C(NC1C2CC3CC1CC(O)(C3)C2)c1cnc(N2CCSCC2)nc1C1CCC1. The van der Waals surface area contributed by atoms with Crippen LogP contribution in [0.5, 0.6) is 0 Å². The molecule has 30 heavy (non-hydrogen) atoms.